The number of hydrogen-bond donors (Lipinski definition) is 4. The molecule has 0 atom stereocenters. The third-order valence-corrected chi connectivity index (χ3v) is 6.31. The highest BCUT2D eigenvalue weighted by Gasteiger charge is 2.10. The number of hydrazone groups is 1. The number of amidine groups is 1. The van der Waals surface area contributed by atoms with Crippen molar-refractivity contribution in [2.75, 3.05) is 6.54 Å². The van der Waals surface area contributed by atoms with Crippen molar-refractivity contribution in [2.45, 2.75) is 24.2 Å². The van der Waals surface area contributed by atoms with Crippen molar-refractivity contribution in [1.29, 1.82) is 0 Å². The lowest BCUT2D eigenvalue weighted by atomic mass is 10.2. The van der Waals surface area contributed by atoms with Gasteiger partial charge in [-0.2, -0.15) is 5.10 Å². The summed E-state index contributed by atoms with van der Waals surface area (Å²) in [6.45, 7) is 0.795. The van der Waals surface area contributed by atoms with Gasteiger partial charge in [0.2, 0.25) is 0 Å². The highest BCUT2D eigenvalue weighted by Crippen LogP contribution is 2.31. The third kappa shape index (κ3) is 5.98. The summed E-state index contributed by atoms with van der Waals surface area (Å²) in [4.78, 5) is 8.57. The first-order valence-electron chi connectivity index (χ1n) is 9.20. The summed E-state index contributed by atoms with van der Waals surface area (Å²) in [6, 6.07) is 10.6. The molecule has 0 bridgehead atoms. The van der Waals surface area contributed by atoms with Crippen LogP contribution in [-0.2, 0) is 0 Å². The van der Waals surface area contributed by atoms with Gasteiger partial charge in [-0.1, -0.05) is 17.7 Å². The predicted molar refractivity (Wildman–Crippen MR) is 126 cm³/mol. The monoisotopic (exact) mass is 510 g/mol. The van der Waals surface area contributed by atoms with Crippen LogP contribution in [0, 0.1) is 5.82 Å². The second kappa shape index (κ2) is 10.8. The standard InChI is InChI=1S/C20H21BrClFN6S/c21-14-6-4-12(9-16(14)23)17-11-26-20(28-17)13-5-7-15(22)18(10-13)30-27-8-2-1-3-19(24)29-25/h4-7,9-11,27H,1-3,8,25H2,(H2,24,29)(H,26,28). The van der Waals surface area contributed by atoms with Crippen LogP contribution in [0.25, 0.3) is 22.6 Å². The smallest absolute Gasteiger partial charge is 0.138 e. The van der Waals surface area contributed by atoms with Crippen LogP contribution in [0.3, 0.4) is 0 Å². The minimum Gasteiger partial charge on any atom is -0.386 e. The Morgan fingerprint density at radius 1 is 1.23 bits per heavy atom. The van der Waals surface area contributed by atoms with E-state index in [0.29, 0.717) is 27.6 Å². The Kier molecular flexibility index (Phi) is 8.15. The first-order chi connectivity index (χ1) is 14.5. The number of hydrogen-bond acceptors (Lipinski definition) is 5. The Morgan fingerprint density at radius 3 is 2.80 bits per heavy atom. The average Bonchev–Trinajstić information content (AvgIpc) is 3.23. The molecule has 0 saturated carbocycles. The SMILES string of the molecule is N/N=C(\N)CCCCNSc1cc(-c2ncc(-c3ccc(Br)c(F)c3)[nH]2)ccc1Cl. The van der Waals surface area contributed by atoms with Crippen molar-refractivity contribution in [3.63, 3.8) is 0 Å². The van der Waals surface area contributed by atoms with Crippen molar-refractivity contribution < 1.29 is 4.39 Å². The van der Waals surface area contributed by atoms with E-state index in [1.165, 1.54) is 18.0 Å². The Balaban J connectivity index is 1.63. The Morgan fingerprint density at radius 2 is 2.03 bits per heavy atom. The first-order valence-corrected chi connectivity index (χ1v) is 11.2. The number of nitrogens with one attached hydrogen (secondary N) is 2. The minimum atomic E-state index is -0.321. The van der Waals surface area contributed by atoms with E-state index in [1.807, 2.05) is 24.3 Å². The van der Waals surface area contributed by atoms with Crippen LogP contribution in [0.5, 0.6) is 0 Å². The van der Waals surface area contributed by atoms with Gasteiger partial charge in [-0.05, 0) is 71.1 Å². The van der Waals surface area contributed by atoms with Gasteiger partial charge >= 0.3 is 0 Å². The number of H-pyrrole nitrogens is 1. The summed E-state index contributed by atoms with van der Waals surface area (Å²) in [7, 11) is 0. The first kappa shape index (κ1) is 22.6. The molecule has 0 radical (unpaired) electrons. The molecule has 2 aromatic carbocycles. The number of nitrogens with zero attached hydrogens (tertiary/aromatic N) is 2. The lowest BCUT2D eigenvalue weighted by Gasteiger charge is -2.08. The van der Waals surface area contributed by atoms with Crippen molar-refractivity contribution in [3.8, 4) is 22.6 Å². The van der Waals surface area contributed by atoms with Gasteiger partial charge in [0.25, 0.3) is 0 Å². The van der Waals surface area contributed by atoms with Crippen LogP contribution < -0.4 is 16.3 Å². The quantitative estimate of drug-likeness (QED) is 0.0779. The summed E-state index contributed by atoms with van der Waals surface area (Å²) in [5, 5.41) is 4.11. The number of nitrogens with two attached hydrogens (primary N) is 2. The number of benzene rings is 2. The van der Waals surface area contributed by atoms with E-state index in [1.54, 1.807) is 12.3 Å². The van der Waals surface area contributed by atoms with E-state index < -0.39 is 0 Å². The molecule has 0 fully saturated rings. The van der Waals surface area contributed by atoms with Crippen LogP contribution in [0.4, 0.5) is 4.39 Å². The number of rotatable bonds is 9. The zero-order valence-corrected chi connectivity index (χ0v) is 19.1. The van der Waals surface area contributed by atoms with Crippen molar-refractivity contribution in [2.24, 2.45) is 16.7 Å². The fourth-order valence-electron chi connectivity index (χ4n) is 2.70. The molecule has 6 nitrogen and oxygen atoms in total. The maximum atomic E-state index is 13.8. The molecule has 1 aromatic heterocycles. The maximum absolute atomic E-state index is 13.8. The largest absolute Gasteiger partial charge is 0.386 e. The van der Waals surface area contributed by atoms with Crippen molar-refractivity contribution in [3.05, 3.63) is 57.9 Å². The fraction of sp³-hybridized carbons (Fsp3) is 0.200. The molecular weight excluding hydrogens is 491 g/mol. The molecule has 158 valence electrons. The second-order valence-electron chi connectivity index (χ2n) is 6.49. The number of aromatic nitrogens is 2. The van der Waals surface area contributed by atoms with E-state index in [0.717, 1.165) is 41.1 Å². The predicted octanol–water partition coefficient (Wildman–Crippen LogP) is 5.30. The number of unbranched alkanes of at least 4 members (excludes halogenated alkanes) is 1. The highest BCUT2D eigenvalue weighted by atomic mass is 79.9. The maximum Gasteiger partial charge on any atom is 0.138 e. The average molecular weight is 512 g/mol. The van der Waals surface area contributed by atoms with Gasteiger partial charge in [-0.15, -0.1) is 0 Å². The molecule has 0 amide bonds. The number of aromatic amines is 1. The molecule has 10 heteroatoms. The second-order valence-corrected chi connectivity index (χ2v) is 8.69. The fourth-order valence-corrected chi connectivity index (χ4v) is 3.94. The van der Waals surface area contributed by atoms with E-state index in [9.17, 15) is 4.39 Å². The highest BCUT2D eigenvalue weighted by molar-refractivity contribution is 9.10. The van der Waals surface area contributed by atoms with E-state index in [2.05, 4.69) is 35.7 Å². The molecular formula is C20H21BrClFN6S. The molecule has 3 aromatic rings. The third-order valence-electron chi connectivity index (χ3n) is 4.32. The molecule has 1 heterocycles. The van der Waals surface area contributed by atoms with Gasteiger partial charge in [-0.3, -0.25) is 4.72 Å². The topological polar surface area (TPSA) is 105 Å². The lowest BCUT2D eigenvalue weighted by molar-refractivity contribution is 0.621. The Hall–Kier alpha value is -2.07. The Bertz CT molecular complexity index is 1040. The molecule has 0 saturated heterocycles. The van der Waals surface area contributed by atoms with Crippen LogP contribution in [-0.4, -0.2) is 22.3 Å². The minimum absolute atomic E-state index is 0.321. The van der Waals surface area contributed by atoms with Gasteiger partial charge in [0, 0.05) is 29.0 Å². The molecule has 0 aliphatic rings. The van der Waals surface area contributed by atoms with Crippen molar-refractivity contribution in [1.82, 2.24) is 14.7 Å². The molecule has 6 N–H and O–H groups in total. The van der Waals surface area contributed by atoms with Gasteiger partial charge in [0.15, 0.2) is 0 Å². The van der Waals surface area contributed by atoms with Gasteiger partial charge in [0.1, 0.15) is 17.5 Å². The summed E-state index contributed by atoms with van der Waals surface area (Å²) in [5.41, 5.74) is 7.92. The molecule has 30 heavy (non-hydrogen) atoms. The van der Waals surface area contributed by atoms with Crippen LogP contribution in [0.2, 0.25) is 5.02 Å². The normalized spacial score (nSPS) is 11.8. The van der Waals surface area contributed by atoms with Crippen LogP contribution in [0.1, 0.15) is 19.3 Å². The van der Waals surface area contributed by atoms with E-state index in [-0.39, 0.29) is 5.82 Å². The molecule has 0 spiro atoms. The van der Waals surface area contributed by atoms with E-state index >= 15 is 0 Å². The number of imidazole rings is 1. The lowest BCUT2D eigenvalue weighted by Crippen LogP contribution is -2.14. The van der Waals surface area contributed by atoms with Gasteiger partial charge in [-0.25, -0.2) is 9.37 Å². The summed E-state index contributed by atoms with van der Waals surface area (Å²) in [5.74, 6) is 5.94. The number of halogens is 3. The van der Waals surface area contributed by atoms with Gasteiger partial charge in [0.05, 0.1) is 21.4 Å². The molecule has 0 aliphatic heterocycles. The van der Waals surface area contributed by atoms with Crippen LogP contribution in [0.15, 0.2) is 57.1 Å². The zero-order valence-electron chi connectivity index (χ0n) is 16.0. The zero-order chi connectivity index (χ0) is 21.5. The molecule has 0 aliphatic carbocycles. The van der Waals surface area contributed by atoms with Crippen molar-refractivity contribution >= 4 is 45.3 Å². The summed E-state index contributed by atoms with van der Waals surface area (Å²) >= 11 is 11.0. The Labute approximate surface area is 191 Å². The molecule has 0 unspecified atom stereocenters. The van der Waals surface area contributed by atoms with E-state index in [4.69, 9.17) is 23.2 Å². The molecule has 3 rings (SSSR count). The van der Waals surface area contributed by atoms with Crippen LogP contribution >= 0.6 is 39.5 Å². The summed E-state index contributed by atoms with van der Waals surface area (Å²) < 4.78 is 17.5. The van der Waals surface area contributed by atoms with Gasteiger partial charge < -0.3 is 16.6 Å². The summed E-state index contributed by atoms with van der Waals surface area (Å²) in [6.07, 6.45) is 4.21.